The van der Waals surface area contributed by atoms with Gasteiger partial charge in [-0.25, -0.2) is 4.39 Å². The number of aliphatic hydroxyl groups is 1. The molecule has 0 unspecified atom stereocenters. The van der Waals surface area contributed by atoms with Crippen LogP contribution in [0.4, 0.5) is 4.39 Å². The van der Waals surface area contributed by atoms with Gasteiger partial charge in [0.1, 0.15) is 11.6 Å². The van der Waals surface area contributed by atoms with E-state index in [1.165, 1.54) is 6.07 Å². The minimum atomic E-state index is -0.455. The maximum Gasteiger partial charge on any atom is 0.224 e. The quantitative estimate of drug-likeness (QED) is 0.762. The van der Waals surface area contributed by atoms with Gasteiger partial charge in [-0.2, -0.15) is 0 Å². The fourth-order valence-corrected chi connectivity index (χ4v) is 2.17. The molecule has 1 atom stereocenters. The van der Waals surface area contributed by atoms with E-state index in [-0.39, 0.29) is 24.7 Å². The van der Waals surface area contributed by atoms with Crippen molar-refractivity contribution < 1.29 is 19.4 Å². The van der Waals surface area contributed by atoms with Gasteiger partial charge in [0.25, 0.3) is 0 Å². The first-order valence-corrected chi connectivity index (χ1v) is 7.00. The molecule has 0 aliphatic heterocycles. The normalized spacial score (nSPS) is 11.9. The molecule has 0 saturated carbocycles. The number of aromatic hydroxyl groups is 1. The zero-order valence-electron chi connectivity index (χ0n) is 12.0. The lowest BCUT2D eigenvalue weighted by molar-refractivity contribution is -0.121. The Morgan fingerprint density at radius 2 is 1.82 bits per heavy atom. The maximum atomic E-state index is 13.5. The van der Waals surface area contributed by atoms with E-state index in [2.05, 4.69) is 5.32 Å². The first-order valence-electron chi connectivity index (χ1n) is 7.00. The number of phenolic OH excluding ortho intramolecular Hbond substituents is 1. The van der Waals surface area contributed by atoms with Crippen LogP contribution in [0.2, 0.25) is 0 Å². The largest absolute Gasteiger partial charge is 0.508 e. The van der Waals surface area contributed by atoms with Crippen molar-refractivity contribution in [2.45, 2.75) is 18.9 Å². The molecule has 2 aromatic carbocycles. The second-order valence-electron chi connectivity index (χ2n) is 5.09. The molecule has 2 rings (SSSR count). The highest BCUT2D eigenvalue weighted by Gasteiger charge is 2.14. The molecule has 4 nitrogen and oxygen atoms in total. The minimum Gasteiger partial charge on any atom is -0.508 e. The highest BCUT2D eigenvalue weighted by Crippen LogP contribution is 2.12. The molecular weight excluding hydrogens is 285 g/mol. The van der Waals surface area contributed by atoms with Crippen LogP contribution in [0.25, 0.3) is 0 Å². The summed E-state index contributed by atoms with van der Waals surface area (Å²) in [5.74, 6) is -0.604. The summed E-state index contributed by atoms with van der Waals surface area (Å²) in [7, 11) is 0. The van der Waals surface area contributed by atoms with Crippen LogP contribution in [0.3, 0.4) is 0 Å². The second kappa shape index (κ2) is 7.56. The van der Waals surface area contributed by atoms with Gasteiger partial charge >= 0.3 is 0 Å². The monoisotopic (exact) mass is 303 g/mol. The number of nitrogens with one attached hydrogen (secondary N) is 1. The van der Waals surface area contributed by atoms with E-state index < -0.39 is 11.9 Å². The molecule has 0 aromatic heterocycles. The molecule has 0 fully saturated rings. The smallest absolute Gasteiger partial charge is 0.224 e. The van der Waals surface area contributed by atoms with Gasteiger partial charge in [0, 0.05) is 0 Å². The summed E-state index contributed by atoms with van der Waals surface area (Å²) in [4.78, 5) is 11.9. The topological polar surface area (TPSA) is 69.6 Å². The Labute approximate surface area is 128 Å². The van der Waals surface area contributed by atoms with Crippen LogP contribution in [-0.4, -0.2) is 28.8 Å². The van der Waals surface area contributed by atoms with Crippen LogP contribution >= 0.6 is 0 Å². The van der Waals surface area contributed by atoms with Crippen molar-refractivity contribution in [3.8, 4) is 5.75 Å². The SMILES string of the molecule is O=C(Cc1ccccc1F)N[C@H](CO)Cc1ccc(O)cc1. The molecule has 0 aliphatic rings. The molecule has 0 heterocycles. The fraction of sp³-hybridized carbons (Fsp3) is 0.235. The Morgan fingerprint density at radius 1 is 1.14 bits per heavy atom. The van der Waals surface area contributed by atoms with E-state index in [1.54, 1.807) is 42.5 Å². The van der Waals surface area contributed by atoms with Crippen molar-refractivity contribution >= 4 is 5.91 Å². The lowest BCUT2D eigenvalue weighted by Gasteiger charge is -2.16. The van der Waals surface area contributed by atoms with Crippen LogP contribution in [-0.2, 0) is 17.6 Å². The summed E-state index contributed by atoms with van der Waals surface area (Å²) in [5, 5.41) is 21.3. The van der Waals surface area contributed by atoms with Gasteiger partial charge in [0.2, 0.25) is 5.91 Å². The van der Waals surface area contributed by atoms with Crippen LogP contribution in [0.1, 0.15) is 11.1 Å². The molecule has 2 aromatic rings. The highest BCUT2D eigenvalue weighted by atomic mass is 19.1. The Bertz CT molecular complexity index is 628. The standard InChI is InChI=1S/C17H18FNO3/c18-16-4-2-1-3-13(16)10-17(22)19-14(11-20)9-12-5-7-15(21)8-6-12/h1-8,14,20-21H,9-11H2,(H,19,22)/t14-/m0/s1. The predicted octanol–water partition coefficient (Wildman–Crippen LogP) is 1.79. The van der Waals surface area contributed by atoms with E-state index in [4.69, 9.17) is 0 Å². The first-order chi connectivity index (χ1) is 10.6. The summed E-state index contributed by atoms with van der Waals surface area (Å²) in [5.41, 5.74) is 1.20. The summed E-state index contributed by atoms with van der Waals surface area (Å²) in [6.45, 7) is -0.218. The van der Waals surface area contributed by atoms with Gasteiger partial charge in [-0.3, -0.25) is 4.79 Å². The third-order valence-electron chi connectivity index (χ3n) is 3.31. The number of halogens is 1. The van der Waals surface area contributed by atoms with Gasteiger partial charge < -0.3 is 15.5 Å². The van der Waals surface area contributed by atoms with E-state index in [0.29, 0.717) is 12.0 Å². The van der Waals surface area contributed by atoms with Gasteiger partial charge in [0.15, 0.2) is 0 Å². The number of amides is 1. The maximum absolute atomic E-state index is 13.5. The average molecular weight is 303 g/mol. The summed E-state index contributed by atoms with van der Waals surface area (Å²) in [6.07, 6.45) is 0.360. The highest BCUT2D eigenvalue weighted by molar-refractivity contribution is 5.79. The second-order valence-corrected chi connectivity index (χ2v) is 5.09. The van der Waals surface area contributed by atoms with E-state index in [9.17, 15) is 19.4 Å². The zero-order valence-corrected chi connectivity index (χ0v) is 12.0. The molecule has 0 radical (unpaired) electrons. The number of carbonyl (C=O) groups excluding carboxylic acids is 1. The van der Waals surface area contributed by atoms with Gasteiger partial charge in [-0.05, 0) is 35.7 Å². The van der Waals surface area contributed by atoms with Gasteiger partial charge in [0.05, 0.1) is 19.1 Å². The van der Waals surface area contributed by atoms with Crippen molar-refractivity contribution in [2.75, 3.05) is 6.61 Å². The number of phenols is 1. The van der Waals surface area contributed by atoms with Crippen LogP contribution in [0.15, 0.2) is 48.5 Å². The van der Waals surface area contributed by atoms with Crippen molar-refractivity contribution in [1.29, 1.82) is 0 Å². The molecule has 5 heteroatoms. The molecule has 1 amide bonds. The van der Waals surface area contributed by atoms with Crippen LogP contribution in [0.5, 0.6) is 5.75 Å². The number of rotatable bonds is 6. The number of hydrogen-bond donors (Lipinski definition) is 3. The molecule has 0 aliphatic carbocycles. The molecule has 0 saturated heterocycles. The molecule has 116 valence electrons. The predicted molar refractivity (Wildman–Crippen MR) is 80.9 cm³/mol. The third kappa shape index (κ3) is 4.56. The Balaban J connectivity index is 1.93. The van der Waals surface area contributed by atoms with Crippen molar-refractivity contribution in [3.05, 3.63) is 65.5 Å². The fourth-order valence-electron chi connectivity index (χ4n) is 2.17. The van der Waals surface area contributed by atoms with Crippen LogP contribution in [0, 0.1) is 5.82 Å². The van der Waals surface area contributed by atoms with E-state index >= 15 is 0 Å². The molecule has 3 N–H and O–H groups in total. The van der Waals surface area contributed by atoms with Crippen molar-refractivity contribution in [3.63, 3.8) is 0 Å². The lowest BCUT2D eigenvalue weighted by atomic mass is 10.1. The molecular formula is C17H18FNO3. The number of benzene rings is 2. The number of aliphatic hydroxyl groups excluding tert-OH is 1. The molecule has 22 heavy (non-hydrogen) atoms. The summed E-state index contributed by atoms with van der Waals surface area (Å²) in [6, 6.07) is 12.2. The number of carbonyl (C=O) groups is 1. The third-order valence-corrected chi connectivity index (χ3v) is 3.31. The van der Waals surface area contributed by atoms with Crippen molar-refractivity contribution in [2.24, 2.45) is 0 Å². The average Bonchev–Trinajstić information content (AvgIpc) is 2.51. The zero-order chi connectivity index (χ0) is 15.9. The van der Waals surface area contributed by atoms with Gasteiger partial charge in [-0.15, -0.1) is 0 Å². The molecule has 0 bridgehead atoms. The van der Waals surface area contributed by atoms with Crippen LogP contribution < -0.4 is 5.32 Å². The summed E-state index contributed by atoms with van der Waals surface area (Å²) < 4.78 is 13.5. The van der Waals surface area contributed by atoms with E-state index in [1.807, 2.05) is 0 Å². The summed E-state index contributed by atoms with van der Waals surface area (Å²) >= 11 is 0. The van der Waals surface area contributed by atoms with Crippen molar-refractivity contribution in [1.82, 2.24) is 5.32 Å². The Morgan fingerprint density at radius 3 is 2.45 bits per heavy atom. The minimum absolute atomic E-state index is 0.0707. The number of hydrogen-bond acceptors (Lipinski definition) is 3. The van der Waals surface area contributed by atoms with Gasteiger partial charge in [-0.1, -0.05) is 30.3 Å². The Hall–Kier alpha value is -2.40. The lowest BCUT2D eigenvalue weighted by Crippen LogP contribution is -2.40. The molecule has 0 spiro atoms. The Kier molecular flexibility index (Phi) is 5.49. The first kappa shape index (κ1) is 16.0. The van der Waals surface area contributed by atoms with E-state index in [0.717, 1.165) is 5.56 Å².